The number of hydrogen-bond acceptors (Lipinski definition) is 5. The molecule has 35 heavy (non-hydrogen) atoms. The smallest absolute Gasteiger partial charge is 0.250 e. The maximum absolute atomic E-state index is 14.0. The van der Waals surface area contributed by atoms with Crippen molar-refractivity contribution in [1.29, 1.82) is 0 Å². The van der Waals surface area contributed by atoms with E-state index in [1.54, 1.807) is 0 Å². The normalized spacial score (nSPS) is 34.1. The topological polar surface area (TPSA) is 108 Å². The van der Waals surface area contributed by atoms with E-state index in [0.717, 1.165) is 17.5 Å². The van der Waals surface area contributed by atoms with Crippen molar-refractivity contribution in [3.05, 3.63) is 29.3 Å². The third-order valence-electron chi connectivity index (χ3n) is 8.64. The van der Waals surface area contributed by atoms with Crippen LogP contribution in [0.25, 0.3) is 0 Å². The summed E-state index contributed by atoms with van der Waals surface area (Å²) in [4.78, 5) is 43.0. The van der Waals surface area contributed by atoms with Gasteiger partial charge in [0.05, 0.1) is 30.1 Å². The zero-order valence-corrected chi connectivity index (χ0v) is 21.7. The highest BCUT2D eigenvalue weighted by Gasteiger charge is 2.80. The Kier molecular flexibility index (Phi) is 6.74. The molecule has 3 heterocycles. The summed E-state index contributed by atoms with van der Waals surface area (Å²) in [5, 5.41) is 16.2. The Hall–Kier alpha value is -2.45. The van der Waals surface area contributed by atoms with Crippen molar-refractivity contribution in [2.75, 3.05) is 18.5 Å². The molecule has 4 rings (SSSR count). The number of hydrogen-bond donors (Lipinski definition) is 3. The molecular formula is C27H39N3O5. The number of anilines is 1. The summed E-state index contributed by atoms with van der Waals surface area (Å²) in [6, 6.07) is 4.31. The Labute approximate surface area is 207 Å². The average Bonchev–Trinajstić information content (AvgIpc) is 3.33. The number of nitrogens with one attached hydrogen (secondary N) is 2. The number of fused-ring (bicyclic) bond motifs is 1. The van der Waals surface area contributed by atoms with Crippen LogP contribution in [0.15, 0.2) is 18.2 Å². The summed E-state index contributed by atoms with van der Waals surface area (Å²) in [5.74, 6) is -2.30. The molecular weight excluding hydrogens is 446 g/mol. The highest BCUT2D eigenvalue weighted by Crippen LogP contribution is 2.65. The Bertz CT molecular complexity index is 1000. The number of rotatable bonds is 8. The molecule has 0 saturated carbocycles. The van der Waals surface area contributed by atoms with Gasteiger partial charge in [0, 0.05) is 12.2 Å². The van der Waals surface area contributed by atoms with Crippen molar-refractivity contribution < 1.29 is 24.2 Å². The van der Waals surface area contributed by atoms with Crippen molar-refractivity contribution >= 4 is 23.4 Å². The van der Waals surface area contributed by atoms with Gasteiger partial charge in [-0.2, -0.15) is 0 Å². The molecule has 2 bridgehead atoms. The first-order valence-corrected chi connectivity index (χ1v) is 12.8. The van der Waals surface area contributed by atoms with Crippen LogP contribution in [0.4, 0.5) is 5.69 Å². The lowest BCUT2D eigenvalue weighted by Crippen LogP contribution is -2.56. The van der Waals surface area contributed by atoms with Crippen molar-refractivity contribution in [2.45, 2.75) is 84.1 Å². The number of aliphatic hydroxyl groups is 1. The molecule has 8 nitrogen and oxygen atoms in total. The molecule has 8 heteroatoms. The van der Waals surface area contributed by atoms with Gasteiger partial charge in [0.2, 0.25) is 17.7 Å². The maximum atomic E-state index is 14.0. The summed E-state index contributed by atoms with van der Waals surface area (Å²) in [7, 11) is 0. The fourth-order valence-corrected chi connectivity index (χ4v) is 6.74. The molecule has 3 N–H and O–H groups in total. The predicted octanol–water partition coefficient (Wildman–Crippen LogP) is 2.55. The third-order valence-corrected chi connectivity index (χ3v) is 8.64. The van der Waals surface area contributed by atoms with Gasteiger partial charge in [-0.05, 0) is 57.1 Å². The molecule has 3 aliphatic heterocycles. The SMILES string of the molecule is CCCNC(=O)[C@@H]1[C@H]2C(=O)N([C@@H](CC)CO)C(C(=O)Nc3c(C)cccc3C)C23CC(C)[C@@]1(C)O3. The Morgan fingerprint density at radius 1 is 1.23 bits per heavy atom. The van der Waals surface area contributed by atoms with Crippen molar-refractivity contribution in [1.82, 2.24) is 10.2 Å². The molecule has 3 aliphatic rings. The van der Waals surface area contributed by atoms with E-state index in [-0.39, 0.29) is 30.2 Å². The lowest BCUT2D eigenvalue weighted by molar-refractivity contribution is -0.149. The minimum Gasteiger partial charge on any atom is -0.394 e. The van der Waals surface area contributed by atoms with Crippen molar-refractivity contribution in [2.24, 2.45) is 17.8 Å². The first kappa shape index (κ1) is 25.6. The van der Waals surface area contributed by atoms with Crippen LogP contribution in [-0.4, -0.2) is 64.2 Å². The van der Waals surface area contributed by atoms with Crippen LogP contribution in [0.5, 0.6) is 0 Å². The second-order valence-corrected chi connectivity index (χ2v) is 10.7. The van der Waals surface area contributed by atoms with Gasteiger partial charge < -0.3 is 25.4 Å². The van der Waals surface area contributed by atoms with Gasteiger partial charge in [-0.3, -0.25) is 14.4 Å². The number of aryl methyl sites for hydroxylation is 2. The number of likely N-dealkylation sites (tertiary alicyclic amines) is 1. The molecule has 3 unspecified atom stereocenters. The van der Waals surface area contributed by atoms with E-state index in [4.69, 9.17) is 4.74 Å². The number of carbonyl (C=O) groups excluding carboxylic acids is 3. The molecule has 0 aromatic heterocycles. The number of aliphatic hydroxyl groups excluding tert-OH is 1. The van der Waals surface area contributed by atoms with Crippen LogP contribution >= 0.6 is 0 Å². The molecule has 3 fully saturated rings. The fraction of sp³-hybridized carbons (Fsp3) is 0.667. The van der Waals surface area contributed by atoms with Gasteiger partial charge in [0.1, 0.15) is 11.6 Å². The number of nitrogens with zero attached hydrogens (tertiary/aromatic N) is 1. The first-order valence-electron chi connectivity index (χ1n) is 12.8. The van der Waals surface area contributed by atoms with Gasteiger partial charge in [-0.15, -0.1) is 0 Å². The number of carbonyl (C=O) groups is 3. The number of ether oxygens (including phenoxy) is 1. The van der Waals surface area contributed by atoms with Crippen molar-refractivity contribution in [3.63, 3.8) is 0 Å². The molecule has 192 valence electrons. The fourth-order valence-electron chi connectivity index (χ4n) is 6.74. The standard InChI is InChI=1S/C27H39N3O5/c1-7-12-28-23(32)19-20-25(34)30(18(8-2)14-31)22(27(20)13-17(5)26(19,6)35-27)24(33)29-21-15(3)10-9-11-16(21)4/h9-11,17-20,22,31H,7-8,12-14H2,1-6H3,(H,28,32)(H,29,33)/t17?,18-,19-,20-,22?,26+,27?/m0/s1. The maximum Gasteiger partial charge on any atom is 0.250 e. The molecule has 3 amide bonds. The number of amides is 3. The number of benzene rings is 1. The van der Waals surface area contributed by atoms with Crippen LogP contribution in [0.2, 0.25) is 0 Å². The summed E-state index contributed by atoms with van der Waals surface area (Å²) in [6.07, 6.45) is 1.77. The molecule has 1 aromatic rings. The van der Waals surface area contributed by atoms with Crippen molar-refractivity contribution in [3.8, 4) is 0 Å². The zero-order chi connectivity index (χ0) is 25.7. The van der Waals surface area contributed by atoms with Crippen LogP contribution in [0.3, 0.4) is 0 Å². The lowest BCUT2D eigenvalue weighted by atomic mass is 9.62. The molecule has 1 aromatic carbocycles. The molecule has 0 radical (unpaired) electrons. The minimum atomic E-state index is -1.12. The second kappa shape index (κ2) is 9.21. The summed E-state index contributed by atoms with van der Waals surface area (Å²) < 4.78 is 6.70. The van der Waals surface area contributed by atoms with E-state index < -0.39 is 35.1 Å². The Morgan fingerprint density at radius 2 is 1.89 bits per heavy atom. The van der Waals surface area contributed by atoms with Gasteiger partial charge in [0.25, 0.3) is 0 Å². The van der Waals surface area contributed by atoms with Crippen LogP contribution in [0, 0.1) is 31.6 Å². The van der Waals surface area contributed by atoms with E-state index in [1.807, 2.05) is 59.7 Å². The molecule has 3 saturated heterocycles. The van der Waals surface area contributed by atoms with E-state index in [9.17, 15) is 19.5 Å². The summed E-state index contributed by atoms with van der Waals surface area (Å²) >= 11 is 0. The average molecular weight is 486 g/mol. The van der Waals surface area contributed by atoms with Crippen LogP contribution in [0.1, 0.15) is 58.1 Å². The summed E-state index contributed by atoms with van der Waals surface area (Å²) in [5.41, 5.74) is 0.591. The Balaban J connectivity index is 1.81. The highest BCUT2D eigenvalue weighted by molar-refractivity contribution is 6.04. The monoisotopic (exact) mass is 485 g/mol. The van der Waals surface area contributed by atoms with Gasteiger partial charge in [-0.1, -0.05) is 39.0 Å². The largest absolute Gasteiger partial charge is 0.394 e. The van der Waals surface area contributed by atoms with E-state index in [0.29, 0.717) is 25.1 Å². The quantitative estimate of drug-likeness (QED) is 0.525. The molecule has 1 spiro atoms. The molecule has 7 atom stereocenters. The van der Waals surface area contributed by atoms with Crippen LogP contribution < -0.4 is 10.6 Å². The third kappa shape index (κ3) is 3.68. The predicted molar refractivity (Wildman–Crippen MR) is 133 cm³/mol. The van der Waals surface area contributed by atoms with E-state index >= 15 is 0 Å². The number of para-hydroxylation sites is 1. The minimum absolute atomic E-state index is 0.0198. The van der Waals surface area contributed by atoms with Gasteiger partial charge >= 0.3 is 0 Å². The molecule has 0 aliphatic carbocycles. The van der Waals surface area contributed by atoms with E-state index in [1.165, 1.54) is 4.90 Å². The van der Waals surface area contributed by atoms with E-state index in [2.05, 4.69) is 10.6 Å². The van der Waals surface area contributed by atoms with Crippen LogP contribution in [-0.2, 0) is 19.1 Å². The highest BCUT2D eigenvalue weighted by atomic mass is 16.5. The first-order chi connectivity index (χ1) is 16.6. The second-order valence-electron chi connectivity index (χ2n) is 10.7. The van der Waals surface area contributed by atoms with Gasteiger partial charge in [-0.25, -0.2) is 0 Å². The lowest BCUT2D eigenvalue weighted by Gasteiger charge is -2.36. The summed E-state index contributed by atoms with van der Waals surface area (Å²) in [6.45, 7) is 11.9. The Morgan fingerprint density at radius 3 is 2.46 bits per heavy atom. The van der Waals surface area contributed by atoms with Gasteiger partial charge in [0.15, 0.2) is 0 Å². The zero-order valence-electron chi connectivity index (χ0n) is 21.7.